The Balaban J connectivity index is 1.46. The van der Waals surface area contributed by atoms with E-state index in [1.54, 1.807) is 0 Å². The van der Waals surface area contributed by atoms with Crippen molar-refractivity contribution in [1.29, 1.82) is 0 Å². The number of likely N-dealkylation sites (tertiary alicyclic amines) is 1. The van der Waals surface area contributed by atoms with Gasteiger partial charge in [-0.05, 0) is 30.0 Å². The fourth-order valence-electron chi connectivity index (χ4n) is 4.50. The first kappa shape index (κ1) is 24.6. The summed E-state index contributed by atoms with van der Waals surface area (Å²) in [7, 11) is 0. The Hall–Kier alpha value is -2.49. The van der Waals surface area contributed by atoms with Crippen LogP contribution in [0.2, 0.25) is 0 Å². The van der Waals surface area contributed by atoms with Crippen molar-refractivity contribution in [2.45, 2.75) is 57.5 Å². The van der Waals surface area contributed by atoms with Crippen molar-refractivity contribution < 1.29 is 24.5 Å². The standard InChI is InChI=1S/C26H35N3O5/c1-2-27-26(32)28-14-18-3-9-21(10-4-18)25-33-23(16-29-12-11-22(31)15-29)13-24(34-25)20-7-5-19(17-30)6-8-20/h3-10,22-25,30-31H,2,11-17H2,1H3,(H2,27,28,32)/t22-,23-,24+,25+/m0/s1. The maximum absolute atomic E-state index is 11.6. The molecule has 2 fully saturated rings. The van der Waals surface area contributed by atoms with Gasteiger partial charge in [0.15, 0.2) is 6.29 Å². The summed E-state index contributed by atoms with van der Waals surface area (Å²) in [6, 6.07) is 15.6. The van der Waals surface area contributed by atoms with Crippen molar-refractivity contribution in [3.8, 4) is 0 Å². The van der Waals surface area contributed by atoms with Crippen molar-refractivity contribution in [1.82, 2.24) is 15.5 Å². The number of nitrogens with one attached hydrogen (secondary N) is 2. The van der Waals surface area contributed by atoms with E-state index < -0.39 is 6.29 Å². The van der Waals surface area contributed by atoms with E-state index in [4.69, 9.17) is 9.47 Å². The number of hydrogen-bond donors (Lipinski definition) is 4. The van der Waals surface area contributed by atoms with E-state index in [1.807, 2.05) is 55.5 Å². The monoisotopic (exact) mass is 469 g/mol. The van der Waals surface area contributed by atoms with Gasteiger partial charge >= 0.3 is 6.03 Å². The molecule has 0 spiro atoms. The molecular weight excluding hydrogens is 434 g/mol. The fourth-order valence-corrected chi connectivity index (χ4v) is 4.50. The summed E-state index contributed by atoms with van der Waals surface area (Å²) in [6.07, 6.45) is 0.562. The number of nitrogens with zero attached hydrogens (tertiary/aromatic N) is 1. The minimum atomic E-state index is -0.515. The van der Waals surface area contributed by atoms with Gasteiger partial charge in [0, 0.05) is 44.7 Å². The molecule has 2 aliphatic rings. The number of carbonyl (C=O) groups is 1. The molecule has 8 heteroatoms. The summed E-state index contributed by atoms with van der Waals surface area (Å²) in [5, 5.41) is 24.8. The predicted octanol–water partition coefficient (Wildman–Crippen LogP) is 2.61. The fraction of sp³-hybridized carbons (Fsp3) is 0.500. The Morgan fingerprint density at radius 3 is 2.38 bits per heavy atom. The van der Waals surface area contributed by atoms with Crippen molar-refractivity contribution in [3.63, 3.8) is 0 Å². The van der Waals surface area contributed by atoms with Crippen LogP contribution in [-0.2, 0) is 22.6 Å². The van der Waals surface area contributed by atoms with Gasteiger partial charge in [-0.2, -0.15) is 0 Å². The second kappa shape index (κ2) is 11.8. The van der Waals surface area contributed by atoms with Crippen LogP contribution in [0.4, 0.5) is 4.79 Å². The second-order valence-corrected chi connectivity index (χ2v) is 9.01. The van der Waals surface area contributed by atoms with E-state index in [9.17, 15) is 15.0 Å². The highest BCUT2D eigenvalue weighted by Crippen LogP contribution is 2.38. The lowest BCUT2D eigenvalue weighted by atomic mass is 9.99. The zero-order valence-corrected chi connectivity index (χ0v) is 19.7. The second-order valence-electron chi connectivity index (χ2n) is 9.01. The van der Waals surface area contributed by atoms with Crippen molar-refractivity contribution in [2.75, 3.05) is 26.2 Å². The number of β-amino-alcohol motifs (C(OH)–C–C–N with tert-alkyl or cyclic N) is 1. The van der Waals surface area contributed by atoms with Crippen LogP contribution in [0.3, 0.4) is 0 Å². The molecule has 4 atom stereocenters. The molecule has 2 amide bonds. The molecule has 0 radical (unpaired) electrons. The summed E-state index contributed by atoms with van der Waals surface area (Å²) < 4.78 is 12.8. The molecule has 0 saturated carbocycles. The summed E-state index contributed by atoms with van der Waals surface area (Å²) in [5.41, 5.74) is 3.83. The van der Waals surface area contributed by atoms with Gasteiger partial charge in [-0.25, -0.2) is 4.79 Å². The van der Waals surface area contributed by atoms with Crippen LogP contribution in [0.5, 0.6) is 0 Å². The minimum Gasteiger partial charge on any atom is -0.392 e. The topological polar surface area (TPSA) is 103 Å². The van der Waals surface area contributed by atoms with E-state index in [0.717, 1.165) is 48.2 Å². The molecule has 2 aromatic rings. The van der Waals surface area contributed by atoms with Crippen LogP contribution in [0, 0.1) is 0 Å². The van der Waals surface area contributed by atoms with Gasteiger partial charge in [-0.15, -0.1) is 0 Å². The smallest absolute Gasteiger partial charge is 0.315 e. The highest BCUT2D eigenvalue weighted by molar-refractivity contribution is 5.73. The molecule has 2 heterocycles. The molecule has 8 nitrogen and oxygen atoms in total. The van der Waals surface area contributed by atoms with Crippen LogP contribution in [0.15, 0.2) is 48.5 Å². The van der Waals surface area contributed by atoms with Gasteiger partial charge in [-0.3, -0.25) is 4.90 Å². The van der Waals surface area contributed by atoms with Crippen LogP contribution < -0.4 is 10.6 Å². The van der Waals surface area contributed by atoms with Crippen molar-refractivity contribution >= 4 is 6.03 Å². The number of aliphatic hydroxyl groups excluding tert-OH is 2. The number of aliphatic hydroxyl groups is 2. The molecule has 4 N–H and O–H groups in total. The highest BCUT2D eigenvalue weighted by atomic mass is 16.7. The Labute approximate surface area is 200 Å². The Morgan fingerprint density at radius 2 is 1.74 bits per heavy atom. The van der Waals surface area contributed by atoms with E-state index in [0.29, 0.717) is 19.6 Å². The molecule has 4 rings (SSSR count). The molecule has 0 bridgehead atoms. The third-order valence-electron chi connectivity index (χ3n) is 6.37. The molecule has 0 aromatic heterocycles. The van der Waals surface area contributed by atoms with Crippen LogP contribution in [0.1, 0.15) is 54.4 Å². The summed E-state index contributed by atoms with van der Waals surface area (Å²) in [4.78, 5) is 13.9. The predicted molar refractivity (Wildman–Crippen MR) is 128 cm³/mol. The minimum absolute atomic E-state index is 0.0127. The average molecular weight is 470 g/mol. The van der Waals surface area contributed by atoms with E-state index in [2.05, 4.69) is 15.5 Å². The van der Waals surface area contributed by atoms with Gasteiger partial charge in [0.1, 0.15) is 0 Å². The van der Waals surface area contributed by atoms with Crippen LogP contribution >= 0.6 is 0 Å². The first-order valence-electron chi connectivity index (χ1n) is 12.1. The highest BCUT2D eigenvalue weighted by Gasteiger charge is 2.34. The Kier molecular flexibility index (Phi) is 8.53. The van der Waals surface area contributed by atoms with Gasteiger partial charge in [0.25, 0.3) is 0 Å². The SMILES string of the molecule is CCNC(=O)NCc1ccc([C@@H]2O[C@H](CN3CC[C@H](O)C3)C[C@H](c3ccc(CO)cc3)O2)cc1. The molecule has 0 aliphatic carbocycles. The molecule has 2 aromatic carbocycles. The van der Waals surface area contributed by atoms with E-state index >= 15 is 0 Å². The number of amides is 2. The van der Waals surface area contributed by atoms with Gasteiger partial charge < -0.3 is 30.3 Å². The molecule has 2 aliphatic heterocycles. The van der Waals surface area contributed by atoms with Gasteiger partial charge in [-0.1, -0.05) is 48.5 Å². The lowest BCUT2D eigenvalue weighted by molar-refractivity contribution is -0.252. The first-order valence-corrected chi connectivity index (χ1v) is 12.1. The normalized spacial score (nSPS) is 25.3. The third-order valence-corrected chi connectivity index (χ3v) is 6.37. The number of rotatable bonds is 8. The maximum Gasteiger partial charge on any atom is 0.315 e. The number of carbonyl (C=O) groups excluding carboxylic acids is 1. The quantitative estimate of drug-likeness (QED) is 0.474. The number of hydrogen-bond acceptors (Lipinski definition) is 6. The van der Waals surface area contributed by atoms with Gasteiger partial charge in [0.05, 0.1) is 24.9 Å². The Bertz CT molecular complexity index is 921. The van der Waals surface area contributed by atoms with Crippen molar-refractivity contribution in [3.05, 3.63) is 70.8 Å². The van der Waals surface area contributed by atoms with Crippen molar-refractivity contribution in [2.24, 2.45) is 0 Å². The van der Waals surface area contributed by atoms with Crippen LogP contribution in [0.25, 0.3) is 0 Å². The lowest BCUT2D eigenvalue weighted by Gasteiger charge is -2.37. The van der Waals surface area contributed by atoms with E-state index in [1.165, 1.54) is 0 Å². The summed E-state index contributed by atoms with van der Waals surface area (Å²) in [6.45, 7) is 5.21. The first-order chi connectivity index (χ1) is 16.5. The zero-order valence-electron chi connectivity index (χ0n) is 19.7. The molecular formula is C26H35N3O5. The summed E-state index contributed by atoms with van der Waals surface area (Å²) >= 11 is 0. The van der Waals surface area contributed by atoms with Crippen LogP contribution in [-0.4, -0.2) is 59.5 Å². The Morgan fingerprint density at radius 1 is 1.03 bits per heavy atom. The zero-order chi connectivity index (χ0) is 23.9. The summed E-state index contributed by atoms with van der Waals surface area (Å²) in [5.74, 6) is 0. The number of ether oxygens (including phenoxy) is 2. The molecule has 34 heavy (non-hydrogen) atoms. The lowest BCUT2D eigenvalue weighted by Crippen LogP contribution is -2.38. The third kappa shape index (κ3) is 6.55. The molecule has 0 unspecified atom stereocenters. The number of benzene rings is 2. The molecule has 2 saturated heterocycles. The average Bonchev–Trinajstić information content (AvgIpc) is 3.27. The number of urea groups is 1. The maximum atomic E-state index is 11.6. The van der Waals surface area contributed by atoms with Gasteiger partial charge in [0.2, 0.25) is 0 Å². The van der Waals surface area contributed by atoms with E-state index in [-0.39, 0.29) is 30.9 Å². The molecule has 184 valence electrons. The largest absolute Gasteiger partial charge is 0.392 e.